The minimum absolute atomic E-state index is 0.219. The largest absolute Gasteiger partial charge is 0.493 e. The molecule has 3 rings (SSSR count). The third kappa shape index (κ3) is 3.74. The normalized spacial score (nSPS) is 16.0. The van der Waals surface area contributed by atoms with Gasteiger partial charge in [-0.15, -0.1) is 0 Å². The van der Waals surface area contributed by atoms with Crippen molar-refractivity contribution in [2.75, 3.05) is 19.5 Å². The van der Waals surface area contributed by atoms with Gasteiger partial charge in [0.25, 0.3) is 5.91 Å². The fourth-order valence-corrected chi connectivity index (χ4v) is 2.56. The van der Waals surface area contributed by atoms with Crippen LogP contribution in [0.2, 0.25) is 0 Å². The molecule has 1 amide bonds. The van der Waals surface area contributed by atoms with Crippen molar-refractivity contribution in [1.29, 1.82) is 0 Å². The molecule has 1 heterocycles. The van der Waals surface area contributed by atoms with Gasteiger partial charge < -0.3 is 19.6 Å². The molecule has 0 saturated carbocycles. The van der Waals surface area contributed by atoms with Gasteiger partial charge in [-0.1, -0.05) is 22.9 Å². The molecular weight excluding hydrogens is 320 g/mol. The van der Waals surface area contributed by atoms with Crippen LogP contribution in [0.15, 0.2) is 47.6 Å². The van der Waals surface area contributed by atoms with E-state index in [4.69, 9.17) is 14.3 Å². The van der Waals surface area contributed by atoms with Gasteiger partial charge in [0.05, 0.1) is 19.9 Å². The first-order valence-electron chi connectivity index (χ1n) is 7.93. The molecule has 130 valence electrons. The molecule has 0 saturated heterocycles. The summed E-state index contributed by atoms with van der Waals surface area (Å²) in [7, 11) is 3.16. The second-order valence-electron chi connectivity index (χ2n) is 5.76. The SMILES string of the molecule is COc1ccc(C2=NO[C@H](C(=O)Nc3ccc(C)cc3)C2)cc1OC. The fraction of sp³-hybridized carbons (Fsp3) is 0.263. The van der Waals surface area contributed by atoms with Crippen molar-refractivity contribution < 1.29 is 19.1 Å². The number of rotatable bonds is 5. The minimum Gasteiger partial charge on any atom is -0.493 e. The maximum atomic E-state index is 12.3. The number of anilines is 1. The van der Waals surface area contributed by atoms with Crippen molar-refractivity contribution in [3.05, 3.63) is 53.6 Å². The first-order chi connectivity index (χ1) is 12.1. The molecule has 0 spiro atoms. The Hall–Kier alpha value is -3.02. The quantitative estimate of drug-likeness (QED) is 0.908. The number of benzene rings is 2. The number of ether oxygens (including phenoxy) is 2. The molecule has 6 heteroatoms. The van der Waals surface area contributed by atoms with E-state index in [0.29, 0.717) is 23.6 Å². The van der Waals surface area contributed by atoms with Gasteiger partial charge in [-0.3, -0.25) is 4.79 Å². The van der Waals surface area contributed by atoms with E-state index in [1.807, 2.05) is 43.3 Å². The van der Waals surface area contributed by atoms with Crippen LogP contribution in [0.3, 0.4) is 0 Å². The van der Waals surface area contributed by atoms with Crippen LogP contribution < -0.4 is 14.8 Å². The van der Waals surface area contributed by atoms with Crippen LogP contribution in [-0.2, 0) is 9.63 Å². The van der Waals surface area contributed by atoms with Gasteiger partial charge in [0.1, 0.15) is 0 Å². The molecule has 1 aliphatic heterocycles. The molecule has 0 bridgehead atoms. The Morgan fingerprint density at radius 2 is 1.84 bits per heavy atom. The first kappa shape index (κ1) is 16.8. The van der Waals surface area contributed by atoms with Gasteiger partial charge in [-0.2, -0.15) is 0 Å². The van der Waals surface area contributed by atoms with Crippen molar-refractivity contribution in [1.82, 2.24) is 0 Å². The molecule has 0 aromatic heterocycles. The van der Waals surface area contributed by atoms with Crippen LogP contribution in [0.25, 0.3) is 0 Å². The molecule has 2 aromatic carbocycles. The number of nitrogens with one attached hydrogen (secondary N) is 1. The highest BCUT2D eigenvalue weighted by molar-refractivity contribution is 6.06. The van der Waals surface area contributed by atoms with Gasteiger partial charge in [0, 0.05) is 17.7 Å². The maximum Gasteiger partial charge on any atom is 0.268 e. The highest BCUT2D eigenvalue weighted by Crippen LogP contribution is 2.29. The van der Waals surface area contributed by atoms with Gasteiger partial charge in [0.15, 0.2) is 11.5 Å². The number of amides is 1. The lowest BCUT2D eigenvalue weighted by Crippen LogP contribution is -2.28. The zero-order chi connectivity index (χ0) is 17.8. The summed E-state index contributed by atoms with van der Waals surface area (Å²) in [6.07, 6.45) is -0.253. The first-order valence-corrected chi connectivity index (χ1v) is 7.93. The number of oxime groups is 1. The summed E-state index contributed by atoms with van der Waals surface area (Å²) >= 11 is 0. The van der Waals surface area contributed by atoms with Crippen LogP contribution in [0, 0.1) is 6.92 Å². The fourth-order valence-electron chi connectivity index (χ4n) is 2.56. The van der Waals surface area contributed by atoms with Gasteiger partial charge >= 0.3 is 0 Å². The van der Waals surface area contributed by atoms with E-state index in [1.165, 1.54) is 0 Å². The topological polar surface area (TPSA) is 69.2 Å². The number of hydrogen-bond donors (Lipinski definition) is 1. The molecule has 1 atom stereocenters. The second-order valence-corrected chi connectivity index (χ2v) is 5.76. The summed E-state index contributed by atoms with van der Waals surface area (Å²) in [5.41, 5.74) is 3.40. The third-order valence-corrected chi connectivity index (χ3v) is 4.00. The van der Waals surface area contributed by atoms with E-state index < -0.39 is 6.10 Å². The van der Waals surface area contributed by atoms with Crippen molar-refractivity contribution >= 4 is 17.3 Å². The summed E-state index contributed by atoms with van der Waals surface area (Å²) in [6.45, 7) is 1.99. The van der Waals surface area contributed by atoms with Crippen LogP contribution in [0.5, 0.6) is 11.5 Å². The Labute approximate surface area is 146 Å². The molecule has 0 unspecified atom stereocenters. The second kappa shape index (κ2) is 7.25. The van der Waals surface area contributed by atoms with Crippen molar-refractivity contribution in [3.8, 4) is 11.5 Å². The monoisotopic (exact) mass is 340 g/mol. The summed E-state index contributed by atoms with van der Waals surface area (Å²) in [5, 5.41) is 6.90. The number of carbonyl (C=O) groups excluding carboxylic acids is 1. The van der Waals surface area contributed by atoms with Crippen LogP contribution >= 0.6 is 0 Å². The van der Waals surface area contributed by atoms with E-state index in [9.17, 15) is 4.79 Å². The van der Waals surface area contributed by atoms with Gasteiger partial charge in [0.2, 0.25) is 6.10 Å². The summed E-state index contributed by atoms with van der Waals surface area (Å²) in [4.78, 5) is 17.7. The highest BCUT2D eigenvalue weighted by Gasteiger charge is 2.29. The lowest BCUT2D eigenvalue weighted by Gasteiger charge is -2.10. The molecular formula is C19H20N2O4. The van der Waals surface area contributed by atoms with E-state index in [0.717, 1.165) is 16.8 Å². The Balaban J connectivity index is 1.66. The summed E-state index contributed by atoms with van der Waals surface area (Å²) in [6, 6.07) is 13.1. The summed E-state index contributed by atoms with van der Waals surface area (Å²) < 4.78 is 10.5. The van der Waals surface area contributed by atoms with Crippen LogP contribution in [0.4, 0.5) is 5.69 Å². The number of hydrogen-bond acceptors (Lipinski definition) is 5. The number of nitrogens with zero attached hydrogens (tertiary/aromatic N) is 1. The molecule has 0 fully saturated rings. The average molecular weight is 340 g/mol. The Morgan fingerprint density at radius 1 is 1.12 bits per heavy atom. The van der Waals surface area contributed by atoms with Crippen molar-refractivity contribution in [2.45, 2.75) is 19.4 Å². The molecule has 0 radical (unpaired) electrons. The van der Waals surface area contributed by atoms with E-state index in [-0.39, 0.29) is 5.91 Å². The van der Waals surface area contributed by atoms with Crippen molar-refractivity contribution in [3.63, 3.8) is 0 Å². The zero-order valence-corrected chi connectivity index (χ0v) is 14.4. The Kier molecular flexibility index (Phi) is 4.88. The molecule has 6 nitrogen and oxygen atoms in total. The predicted molar refractivity (Wildman–Crippen MR) is 95.4 cm³/mol. The summed E-state index contributed by atoms with van der Waals surface area (Å²) in [5.74, 6) is 1.03. The van der Waals surface area contributed by atoms with Gasteiger partial charge in [-0.25, -0.2) is 0 Å². The lowest BCUT2D eigenvalue weighted by atomic mass is 10.0. The van der Waals surface area contributed by atoms with Crippen LogP contribution in [0.1, 0.15) is 17.5 Å². The molecule has 1 N–H and O–H groups in total. The minimum atomic E-state index is -0.649. The van der Waals surface area contributed by atoms with E-state index in [1.54, 1.807) is 20.3 Å². The third-order valence-electron chi connectivity index (χ3n) is 4.00. The maximum absolute atomic E-state index is 12.3. The van der Waals surface area contributed by atoms with Gasteiger partial charge in [-0.05, 0) is 37.3 Å². The van der Waals surface area contributed by atoms with Crippen LogP contribution in [-0.4, -0.2) is 31.9 Å². The van der Waals surface area contributed by atoms with Crippen molar-refractivity contribution in [2.24, 2.45) is 5.16 Å². The number of aryl methyl sites for hydroxylation is 1. The highest BCUT2D eigenvalue weighted by atomic mass is 16.6. The predicted octanol–water partition coefficient (Wildman–Crippen LogP) is 3.14. The molecule has 2 aromatic rings. The number of methoxy groups -OCH3 is 2. The molecule has 0 aliphatic carbocycles. The average Bonchev–Trinajstić information content (AvgIpc) is 3.13. The Morgan fingerprint density at radius 3 is 2.52 bits per heavy atom. The zero-order valence-electron chi connectivity index (χ0n) is 14.4. The molecule has 25 heavy (non-hydrogen) atoms. The lowest BCUT2D eigenvalue weighted by molar-refractivity contribution is -0.125. The van der Waals surface area contributed by atoms with E-state index >= 15 is 0 Å². The number of carbonyl (C=O) groups is 1. The Bertz CT molecular complexity index is 800. The molecule has 1 aliphatic rings. The smallest absolute Gasteiger partial charge is 0.268 e. The standard InChI is InChI=1S/C19H20N2O4/c1-12-4-7-14(8-5-12)20-19(22)18-11-15(21-25-18)13-6-9-16(23-2)17(10-13)24-3/h4-10,18H,11H2,1-3H3,(H,20,22)/t18-/m0/s1. The van der Waals surface area contributed by atoms with E-state index in [2.05, 4.69) is 10.5 Å².